The minimum Gasteiger partial charge on any atom is -0.497 e. The van der Waals surface area contributed by atoms with E-state index in [1.54, 1.807) is 13.2 Å². The molecule has 2 aromatic carbocycles. The van der Waals surface area contributed by atoms with Crippen molar-refractivity contribution in [3.8, 4) is 5.75 Å². The van der Waals surface area contributed by atoms with E-state index in [0.717, 1.165) is 11.1 Å². The molecule has 0 aliphatic carbocycles. The van der Waals surface area contributed by atoms with Crippen molar-refractivity contribution in [3.05, 3.63) is 64.7 Å². The van der Waals surface area contributed by atoms with Gasteiger partial charge in [-0.05, 0) is 35.7 Å². The molecule has 3 rings (SSSR count). The molecule has 2 amide bonds. The lowest BCUT2D eigenvalue weighted by Gasteiger charge is -2.25. The van der Waals surface area contributed by atoms with Crippen molar-refractivity contribution >= 4 is 23.6 Å². The predicted octanol–water partition coefficient (Wildman–Crippen LogP) is 3.55. The SMILES string of the molecule is COc1cccc(C(NC(=O)N2CCC(C(=O)O)C2)c2ccccc2Cl)c1. The molecule has 1 aliphatic heterocycles. The van der Waals surface area contributed by atoms with Gasteiger partial charge in [-0.3, -0.25) is 4.79 Å². The first kappa shape index (κ1) is 19.0. The smallest absolute Gasteiger partial charge is 0.318 e. The number of methoxy groups -OCH3 is 1. The molecule has 142 valence electrons. The van der Waals surface area contributed by atoms with Gasteiger partial charge >= 0.3 is 12.0 Å². The second-order valence-corrected chi connectivity index (χ2v) is 6.86. The first-order chi connectivity index (χ1) is 13.0. The van der Waals surface area contributed by atoms with Crippen molar-refractivity contribution in [2.24, 2.45) is 5.92 Å². The van der Waals surface area contributed by atoms with Crippen molar-refractivity contribution in [2.75, 3.05) is 20.2 Å². The normalized spacial score (nSPS) is 17.4. The van der Waals surface area contributed by atoms with E-state index in [0.29, 0.717) is 23.7 Å². The summed E-state index contributed by atoms with van der Waals surface area (Å²) < 4.78 is 5.29. The minimum absolute atomic E-state index is 0.203. The van der Waals surface area contributed by atoms with Crippen molar-refractivity contribution in [3.63, 3.8) is 0 Å². The topological polar surface area (TPSA) is 78.9 Å². The monoisotopic (exact) mass is 388 g/mol. The van der Waals surface area contributed by atoms with E-state index >= 15 is 0 Å². The highest BCUT2D eigenvalue weighted by atomic mass is 35.5. The molecular formula is C20H21ClN2O4. The Hall–Kier alpha value is -2.73. The van der Waals surface area contributed by atoms with Gasteiger partial charge in [-0.15, -0.1) is 0 Å². The molecule has 27 heavy (non-hydrogen) atoms. The third-order valence-electron chi connectivity index (χ3n) is 4.74. The van der Waals surface area contributed by atoms with Crippen LogP contribution in [0.1, 0.15) is 23.6 Å². The molecule has 0 aromatic heterocycles. The number of amides is 2. The Kier molecular flexibility index (Phi) is 5.86. The molecule has 1 fully saturated rings. The molecule has 2 atom stereocenters. The lowest BCUT2D eigenvalue weighted by molar-refractivity contribution is -0.141. The number of hydrogen-bond acceptors (Lipinski definition) is 3. The number of hydrogen-bond donors (Lipinski definition) is 2. The van der Waals surface area contributed by atoms with Gasteiger partial charge in [-0.1, -0.05) is 41.9 Å². The Labute approximate surface area is 162 Å². The van der Waals surface area contributed by atoms with E-state index < -0.39 is 17.9 Å². The zero-order valence-corrected chi connectivity index (χ0v) is 15.6. The van der Waals surface area contributed by atoms with Gasteiger partial charge in [-0.2, -0.15) is 0 Å². The number of nitrogens with zero attached hydrogens (tertiary/aromatic N) is 1. The number of halogens is 1. The molecule has 2 N–H and O–H groups in total. The van der Waals surface area contributed by atoms with Crippen LogP contribution in [0.15, 0.2) is 48.5 Å². The first-order valence-electron chi connectivity index (χ1n) is 8.66. The summed E-state index contributed by atoms with van der Waals surface area (Å²) in [6.07, 6.45) is 0.457. The Morgan fingerprint density at radius 1 is 1.26 bits per heavy atom. The fraction of sp³-hybridized carbons (Fsp3) is 0.300. The van der Waals surface area contributed by atoms with Crippen LogP contribution in [0, 0.1) is 5.92 Å². The van der Waals surface area contributed by atoms with Gasteiger partial charge in [0.05, 0.1) is 19.1 Å². The average molecular weight is 389 g/mol. The van der Waals surface area contributed by atoms with E-state index in [-0.39, 0.29) is 12.6 Å². The third-order valence-corrected chi connectivity index (χ3v) is 5.08. The van der Waals surface area contributed by atoms with Gasteiger partial charge in [0.1, 0.15) is 5.75 Å². The first-order valence-corrected chi connectivity index (χ1v) is 9.04. The van der Waals surface area contributed by atoms with Crippen LogP contribution in [0.5, 0.6) is 5.75 Å². The van der Waals surface area contributed by atoms with Gasteiger partial charge in [0.2, 0.25) is 0 Å². The van der Waals surface area contributed by atoms with E-state index in [4.69, 9.17) is 21.4 Å². The largest absolute Gasteiger partial charge is 0.497 e. The number of carboxylic acid groups (broad SMARTS) is 1. The Bertz CT molecular complexity index is 842. The maximum atomic E-state index is 12.8. The lowest BCUT2D eigenvalue weighted by Crippen LogP contribution is -2.41. The molecule has 0 bridgehead atoms. The summed E-state index contributed by atoms with van der Waals surface area (Å²) in [5.41, 5.74) is 1.58. The highest BCUT2D eigenvalue weighted by Crippen LogP contribution is 2.30. The Balaban J connectivity index is 1.87. The number of carbonyl (C=O) groups is 2. The molecule has 6 nitrogen and oxygen atoms in total. The van der Waals surface area contributed by atoms with Gasteiger partial charge in [0, 0.05) is 18.1 Å². The maximum Gasteiger partial charge on any atom is 0.318 e. The average Bonchev–Trinajstić information content (AvgIpc) is 3.17. The maximum absolute atomic E-state index is 12.8. The molecule has 1 aliphatic rings. The Morgan fingerprint density at radius 3 is 2.70 bits per heavy atom. The van der Waals surface area contributed by atoms with Crippen LogP contribution in [0.2, 0.25) is 5.02 Å². The predicted molar refractivity (Wildman–Crippen MR) is 102 cm³/mol. The van der Waals surface area contributed by atoms with Crippen LogP contribution in [0.25, 0.3) is 0 Å². The standard InChI is InChI=1S/C20H21ClN2O4/c1-27-15-6-4-5-13(11-15)18(16-7-2-3-8-17(16)21)22-20(26)23-10-9-14(12-23)19(24)25/h2-8,11,14,18H,9-10,12H2,1H3,(H,22,26)(H,24,25). The van der Waals surface area contributed by atoms with Gasteiger partial charge in [0.25, 0.3) is 0 Å². The zero-order chi connectivity index (χ0) is 19.4. The number of likely N-dealkylation sites (tertiary alicyclic amines) is 1. The summed E-state index contributed by atoms with van der Waals surface area (Å²) >= 11 is 6.38. The molecule has 2 unspecified atom stereocenters. The summed E-state index contributed by atoms with van der Waals surface area (Å²) in [6.45, 7) is 0.616. The van der Waals surface area contributed by atoms with Crippen molar-refractivity contribution < 1.29 is 19.4 Å². The quantitative estimate of drug-likeness (QED) is 0.820. The second-order valence-electron chi connectivity index (χ2n) is 6.45. The van der Waals surface area contributed by atoms with Gasteiger partial charge < -0.3 is 20.1 Å². The fourth-order valence-corrected chi connectivity index (χ4v) is 3.48. The molecule has 1 saturated heterocycles. The van der Waals surface area contributed by atoms with Crippen molar-refractivity contribution in [2.45, 2.75) is 12.5 Å². The molecule has 0 saturated carbocycles. The van der Waals surface area contributed by atoms with E-state index in [1.807, 2.05) is 42.5 Å². The molecule has 1 heterocycles. The van der Waals surface area contributed by atoms with E-state index in [2.05, 4.69) is 5.32 Å². The van der Waals surface area contributed by atoms with Crippen molar-refractivity contribution in [1.29, 1.82) is 0 Å². The van der Waals surface area contributed by atoms with Crippen LogP contribution >= 0.6 is 11.6 Å². The molecule has 7 heteroatoms. The van der Waals surface area contributed by atoms with Crippen LogP contribution in [-0.4, -0.2) is 42.2 Å². The minimum atomic E-state index is -0.874. The second kappa shape index (κ2) is 8.31. The number of urea groups is 1. The van der Waals surface area contributed by atoms with Crippen LogP contribution < -0.4 is 10.1 Å². The zero-order valence-electron chi connectivity index (χ0n) is 14.9. The van der Waals surface area contributed by atoms with Crippen LogP contribution in [0.4, 0.5) is 4.79 Å². The highest BCUT2D eigenvalue weighted by molar-refractivity contribution is 6.31. The fourth-order valence-electron chi connectivity index (χ4n) is 3.23. The van der Waals surface area contributed by atoms with E-state index in [1.165, 1.54) is 4.90 Å². The number of aliphatic carboxylic acids is 1. The van der Waals surface area contributed by atoms with Gasteiger partial charge in [-0.25, -0.2) is 4.79 Å². The number of carboxylic acids is 1. The highest BCUT2D eigenvalue weighted by Gasteiger charge is 2.32. The number of carbonyl (C=O) groups excluding carboxylic acids is 1. The molecular weight excluding hydrogens is 368 g/mol. The van der Waals surface area contributed by atoms with Crippen molar-refractivity contribution in [1.82, 2.24) is 10.2 Å². The number of benzene rings is 2. The Morgan fingerprint density at radius 2 is 2.04 bits per heavy atom. The number of ether oxygens (including phenoxy) is 1. The summed E-state index contributed by atoms with van der Waals surface area (Å²) in [7, 11) is 1.58. The summed E-state index contributed by atoms with van der Waals surface area (Å²) in [5.74, 6) is -0.724. The number of nitrogens with one attached hydrogen (secondary N) is 1. The van der Waals surface area contributed by atoms with Gasteiger partial charge in [0.15, 0.2) is 0 Å². The third kappa shape index (κ3) is 4.34. The lowest BCUT2D eigenvalue weighted by atomic mass is 9.98. The summed E-state index contributed by atoms with van der Waals surface area (Å²) in [4.78, 5) is 25.5. The number of rotatable bonds is 5. The summed E-state index contributed by atoms with van der Waals surface area (Å²) in [6, 6.07) is 13.9. The molecule has 2 aromatic rings. The summed E-state index contributed by atoms with van der Waals surface area (Å²) in [5, 5.41) is 12.7. The van der Waals surface area contributed by atoms with Crippen LogP contribution in [0.3, 0.4) is 0 Å². The molecule has 0 radical (unpaired) electrons. The molecule has 0 spiro atoms. The van der Waals surface area contributed by atoms with E-state index in [9.17, 15) is 9.59 Å². The van der Waals surface area contributed by atoms with Crippen LogP contribution in [-0.2, 0) is 4.79 Å².